The molecule has 0 aromatic heterocycles. The Bertz CT molecular complexity index is 704. The van der Waals surface area contributed by atoms with E-state index in [4.69, 9.17) is 4.74 Å². The molecule has 4 heteroatoms. The maximum Gasteiger partial charge on any atom is 0.315 e. The molecule has 0 bridgehead atoms. The summed E-state index contributed by atoms with van der Waals surface area (Å²) < 4.78 is 5.87. The molecule has 1 aliphatic carbocycles. The molecule has 0 unspecified atom stereocenters. The monoisotopic (exact) mass is 336 g/mol. The van der Waals surface area contributed by atoms with Crippen LogP contribution < -0.4 is 10.6 Å². The summed E-state index contributed by atoms with van der Waals surface area (Å²) in [6.45, 7) is 0.681. The van der Waals surface area contributed by atoms with Crippen molar-refractivity contribution in [3.05, 3.63) is 71.8 Å². The fourth-order valence-corrected chi connectivity index (χ4v) is 3.65. The first kappa shape index (κ1) is 16.2. The smallest absolute Gasteiger partial charge is 0.315 e. The zero-order chi connectivity index (χ0) is 17.1. The van der Waals surface area contributed by atoms with Gasteiger partial charge in [0.1, 0.15) is 0 Å². The zero-order valence-corrected chi connectivity index (χ0v) is 14.2. The van der Waals surface area contributed by atoms with Crippen LogP contribution >= 0.6 is 0 Å². The van der Waals surface area contributed by atoms with Crippen LogP contribution in [0.5, 0.6) is 0 Å². The van der Waals surface area contributed by atoms with Gasteiger partial charge >= 0.3 is 6.03 Å². The van der Waals surface area contributed by atoms with Crippen molar-refractivity contribution in [1.82, 2.24) is 10.6 Å². The molecule has 2 aromatic carbocycles. The molecular formula is C21H24N2O2. The first-order chi connectivity index (χ1) is 12.3. The number of amides is 2. The Morgan fingerprint density at radius 1 is 0.880 bits per heavy atom. The fraction of sp³-hybridized carbons (Fsp3) is 0.381. The molecule has 0 spiro atoms. The summed E-state index contributed by atoms with van der Waals surface area (Å²) in [6, 6.07) is 21.0. The van der Waals surface area contributed by atoms with E-state index in [2.05, 4.69) is 47.0 Å². The molecule has 130 valence electrons. The lowest BCUT2D eigenvalue weighted by Gasteiger charge is -2.30. The molecule has 2 aliphatic rings. The van der Waals surface area contributed by atoms with Gasteiger partial charge < -0.3 is 15.4 Å². The molecule has 1 heterocycles. The highest BCUT2D eigenvalue weighted by atomic mass is 16.5. The Labute approximate surface area is 148 Å². The molecule has 2 amide bonds. The summed E-state index contributed by atoms with van der Waals surface area (Å²) in [7, 11) is 0. The summed E-state index contributed by atoms with van der Waals surface area (Å²) in [6.07, 6.45) is 2.78. The molecule has 25 heavy (non-hydrogen) atoms. The maximum atomic E-state index is 12.3. The summed E-state index contributed by atoms with van der Waals surface area (Å²) in [5.74, 6) is 0.457. The second-order valence-corrected chi connectivity index (χ2v) is 6.97. The van der Waals surface area contributed by atoms with Gasteiger partial charge in [-0.15, -0.1) is 0 Å². The average Bonchev–Trinajstić information content (AvgIpc) is 3.42. The molecule has 4 rings (SSSR count). The number of hydrogen-bond donors (Lipinski definition) is 2. The summed E-state index contributed by atoms with van der Waals surface area (Å²) in [5.41, 5.74) is 2.49. The van der Waals surface area contributed by atoms with Crippen LogP contribution in [-0.4, -0.2) is 24.7 Å². The number of rotatable bonds is 4. The van der Waals surface area contributed by atoms with Gasteiger partial charge in [0, 0.05) is 24.6 Å². The highest BCUT2D eigenvalue weighted by Gasteiger charge is 2.39. The van der Waals surface area contributed by atoms with Crippen molar-refractivity contribution in [2.24, 2.45) is 0 Å². The average molecular weight is 336 g/mol. The third-order valence-corrected chi connectivity index (χ3v) is 5.13. The molecular weight excluding hydrogens is 312 g/mol. The van der Waals surface area contributed by atoms with Crippen molar-refractivity contribution in [3.8, 4) is 0 Å². The second-order valence-electron chi connectivity index (χ2n) is 6.97. The minimum atomic E-state index is -0.0536. The molecule has 1 saturated carbocycles. The van der Waals surface area contributed by atoms with Gasteiger partial charge in [-0.25, -0.2) is 4.79 Å². The van der Waals surface area contributed by atoms with E-state index in [1.165, 1.54) is 11.1 Å². The van der Waals surface area contributed by atoms with Gasteiger partial charge in [-0.3, -0.25) is 0 Å². The van der Waals surface area contributed by atoms with Crippen LogP contribution in [0.2, 0.25) is 0 Å². The number of urea groups is 1. The van der Waals surface area contributed by atoms with Crippen molar-refractivity contribution in [2.75, 3.05) is 6.61 Å². The SMILES string of the molecule is O=C(N[C@@H]1CCO[C@H](c2ccccc2)C1)N[C@H]1C[C@H]1c1ccccc1. The van der Waals surface area contributed by atoms with Crippen LogP contribution in [0.4, 0.5) is 4.79 Å². The summed E-state index contributed by atoms with van der Waals surface area (Å²) in [5, 5.41) is 6.25. The number of ether oxygens (including phenoxy) is 1. The molecule has 1 aliphatic heterocycles. The first-order valence-corrected chi connectivity index (χ1v) is 9.08. The van der Waals surface area contributed by atoms with Crippen molar-refractivity contribution in [1.29, 1.82) is 0 Å². The maximum absolute atomic E-state index is 12.3. The van der Waals surface area contributed by atoms with Gasteiger partial charge in [-0.1, -0.05) is 60.7 Å². The van der Waals surface area contributed by atoms with E-state index in [0.717, 1.165) is 19.3 Å². The van der Waals surface area contributed by atoms with E-state index in [0.29, 0.717) is 12.5 Å². The minimum absolute atomic E-state index is 0.0536. The number of carbonyl (C=O) groups is 1. The Morgan fingerprint density at radius 3 is 2.28 bits per heavy atom. The lowest BCUT2D eigenvalue weighted by Crippen LogP contribution is -2.45. The Balaban J connectivity index is 1.27. The van der Waals surface area contributed by atoms with Crippen LogP contribution in [0.3, 0.4) is 0 Å². The molecule has 1 saturated heterocycles. The van der Waals surface area contributed by atoms with E-state index >= 15 is 0 Å². The lowest BCUT2D eigenvalue weighted by atomic mass is 9.97. The van der Waals surface area contributed by atoms with Gasteiger partial charge in [-0.05, 0) is 30.4 Å². The third-order valence-electron chi connectivity index (χ3n) is 5.13. The highest BCUT2D eigenvalue weighted by molar-refractivity contribution is 5.75. The number of nitrogens with one attached hydrogen (secondary N) is 2. The Morgan fingerprint density at radius 2 is 1.56 bits per heavy atom. The highest BCUT2D eigenvalue weighted by Crippen LogP contribution is 2.40. The van der Waals surface area contributed by atoms with Crippen LogP contribution in [-0.2, 0) is 4.74 Å². The fourth-order valence-electron chi connectivity index (χ4n) is 3.65. The quantitative estimate of drug-likeness (QED) is 0.893. The van der Waals surface area contributed by atoms with Gasteiger partial charge in [0.15, 0.2) is 0 Å². The molecule has 0 radical (unpaired) electrons. The second kappa shape index (κ2) is 7.28. The summed E-state index contributed by atoms with van der Waals surface area (Å²) >= 11 is 0. The topological polar surface area (TPSA) is 50.4 Å². The molecule has 2 fully saturated rings. The van der Waals surface area contributed by atoms with Crippen LogP contribution in [0.1, 0.15) is 42.4 Å². The predicted molar refractivity (Wildman–Crippen MR) is 97.4 cm³/mol. The largest absolute Gasteiger partial charge is 0.373 e. The summed E-state index contributed by atoms with van der Waals surface area (Å²) in [4.78, 5) is 12.3. The minimum Gasteiger partial charge on any atom is -0.373 e. The van der Waals surface area contributed by atoms with E-state index in [9.17, 15) is 4.79 Å². The van der Waals surface area contributed by atoms with Crippen molar-refractivity contribution in [3.63, 3.8) is 0 Å². The van der Waals surface area contributed by atoms with E-state index in [-0.39, 0.29) is 24.2 Å². The van der Waals surface area contributed by atoms with Crippen molar-refractivity contribution < 1.29 is 9.53 Å². The number of carbonyl (C=O) groups excluding carboxylic acids is 1. The van der Waals surface area contributed by atoms with Gasteiger partial charge in [0.25, 0.3) is 0 Å². The Hall–Kier alpha value is -2.33. The van der Waals surface area contributed by atoms with Crippen LogP contribution in [0, 0.1) is 0 Å². The van der Waals surface area contributed by atoms with E-state index in [1.807, 2.05) is 24.3 Å². The molecule has 2 N–H and O–H groups in total. The standard InChI is InChI=1S/C21H24N2O2/c24-21(23-19-14-18(19)15-7-3-1-4-8-15)22-17-11-12-25-20(13-17)16-9-5-2-6-10-16/h1-10,17-20H,11-14H2,(H2,22,23,24)/t17-,18+,19+,20+/m1/s1. The first-order valence-electron chi connectivity index (χ1n) is 9.08. The van der Waals surface area contributed by atoms with Crippen molar-refractivity contribution >= 4 is 6.03 Å². The van der Waals surface area contributed by atoms with E-state index in [1.54, 1.807) is 0 Å². The Kier molecular flexibility index (Phi) is 4.70. The van der Waals surface area contributed by atoms with E-state index < -0.39 is 0 Å². The molecule has 4 nitrogen and oxygen atoms in total. The zero-order valence-electron chi connectivity index (χ0n) is 14.2. The van der Waals surface area contributed by atoms with Gasteiger partial charge in [0.2, 0.25) is 0 Å². The molecule has 2 aromatic rings. The van der Waals surface area contributed by atoms with Gasteiger partial charge in [-0.2, -0.15) is 0 Å². The number of hydrogen-bond acceptors (Lipinski definition) is 2. The molecule has 4 atom stereocenters. The predicted octanol–water partition coefficient (Wildman–Crippen LogP) is 3.76. The lowest BCUT2D eigenvalue weighted by molar-refractivity contribution is 0.00225. The van der Waals surface area contributed by atoms with Gasteiger partial charge in [0.05, 0.1) is 6.10 Å². The van der Waals surface area contributed by atoms with Crippen molar-refractivity contribution in [2.45, 2.75) is 43.4 Å². The third kappa shape index (κ3) is 4.02. The normalized spacial score (nSPS) is 28.2. The van der Waals surface area contributed by atoms with Crippen LogP contribution in [0.15, 0.2) is 60.7 Å². The number of benzene rings is 2. The van der Waals surface area contributed by atoms with Crippen LogP contribution in [0.25, 0.3) is 0 Å².